The molecule has 0 saturated carbocycles. The lowest BCUT2D eigenvalue weighted by Crippen LogP contribution is -1.81. The van der Waals surface area contributed by atoms with Crippen molar-refractivity contribution in [2.75, 3.05) is 0 Å². The minimum Gasteiger partial charge on any atom is -0.507 e. The molecule has 0 bridgehead atoms. The van der Waals surface area contributed by atoms with Gasteiger partial charge in [-0.25, -0.2) is 4.98 Å². The molecule has 0 aliphatic carbocycles. The van der Waals surface area contributed by atoms with Crippen LogP contribution in [0.2, 0.25) is 5.15 Å². The van der Waals surface area contributed by atoms with Crippen molar-refractivity contribution < 1.29 is 5.11 Å². The zero-order chi connectivity index (χ0) is 9.42. The summed E-state index contributed by atoms with van der Waals surface area (Å²) >= 11 is 9.16. The van der Waals surface area contributed by atoms with Crippen LogP contribution in [-0.4, -0.2) is 10.1 Å². The van der Waals surface area contributed by atoms with Gasteiger partial charge in [0.25, 0.3) is 0 Å². The van der Waals surface area contributed by atoms with Gasteiger partial charge < -0.3 is 5.11 Å². The third-order valence-corrected chi connectivity index (χ3v) is 2.70. The van der Waals surface area contributed by atoms with Gasteiger partial charge in [-0.05, 0) is 22.0 Å². The van der Waals surface area contributed by atoms with Crippen molar-refractivity contribution in [2.24, 2.45) is 0 Å². The van der Waals surface area contributed by atoms with Crippen LogP contribution in [0.1, 0.15) is 0 Å². The highest BCUT2D eigenvalue weighted by Crippen LogP contribution is 2.33. The SMILES string of the molecule is Oc1cccc2c(Cl)ncc(Br)c12. The smallest absolute Gasteiger partial charge is 0.137 e. The van der Waals surface area contributed by atoms with Crippen molar-refractivity contribution in [1.82, 2.24) is 4.98 Å². The van der Waals surface area contributed by atoms with Crippen LogP contribution >= 0.6 is 27.5 Å². The number of phenolic OH excluding ortho intramolecular Hbond substituents is 1. The van der Waals surface area contributed by atoms with E-state index in [1.165, 1.54) is 0 Å². The highest BCUT2D eigenvalue weighted by atomic mass is 79.9. The molecule has 0 radical (unpaired) electrons. The molecule has 2 nitrogen and oxygen atoms in total. The highest BCUT2D eigenvalue weighted by Gasteiger charge is 2.07. The van der Waals surface area contributed by atoms with Crippen LogP contribution in [0.25, 0.3) is 10.8 Å². The monoisotopic (exact) mass is 257 g/mol. The van der Waals surface area contributed by atoms with E-state index < -0.39 is 0 Å². The van der Waals surface area contributed by atoms with Crippen LogP contribution in [-0.2, 0) is 0 Å². The lowest BCUT2D eigenvalue weighted by Gasteiger charge is -2.03. The Balaban J connectivity index is 3.00. The van der Waals surface area contributed by atoms with E-state index in [9.17, 15) is 5.11 Å². The Kier molecular flexibility index (Phi) is 2.14. The molecule has 13 heavy (non-hydrogen) atoms. The molecular weight excluding hydrogens is 253 g/mol. The maximum Gasteiger partial charge on any atom is 0.137 e. The second-order valence-corrected chi connectivity index (χ2v) is 3.81. The summed E-state index contributed by atoms with van der Waals surface area (Å²) in [4.78, 5) is 3.96. The maximum atomic E-state index is 9.56. The van der Waals surface area contributed by atoms with Crippen LogP contribution in [0.15, 0.2) is 28.9 Å². The summed E-state index contributed by atoms with van der Waals surface area (Å²) in [5.74, 6) is 0.202. The standard InChI is InChI=1S/C9H5BrClNO/c10-6-4-12-9(11)5-2-1-3-7(13)8(5)6/h1-4,13H. The number of hydrogen-bond donors (Lipinski definition) is 1. The molecule has 2 aromatic rings. The molecule has 4 heteroatoms. The summed E-state index contributed by atoms with van der Waals surface area (Å²) in [6, 6.07) is 5.16. The average Bonchev–Trinajstić information content (AvgIpc) is 2.12. The largest absolute Gasteiger partial charge is 0.507 e. The lowest BCUT2D eigenvalue weighted by molar-refractivity contribution is 0.481. The Morgan fingerprint density at radius 3 is 2.85 bits per heavy atom. The predicted octanol–water partition coefficient (Wildman–Crippen LogP) is 3.36. The number of benzene rings is 1. The number of phenols is 1. The molecule has 1 aromatic heterocycles. The minimum absolute atomic E-state index is 0.202. The van der Waals surface area contributed by atoms with Crippen LogP contribution in [0.5, 0.6) is 5.75 Å². The third kappa shape index (κ3) is 1.38. The van der Waals surface area contributed by atoms with Gasteiger partial charge >= 0.3 is 0 Å². The van der Waals surface area contributed by atoms with Crippen molar-refractivity contribution in [1.29, 1.82) is 0 Å². The normalized spacial score (nSPS) is 10.6. The molecule has 1 heterocycles. The number of pyridine rings is 1. The van der Waals surface area contributed by atoms with E-state index >= 15 is 0 Å². The van der Waals surface area contributed by atoms with Gasteiger partial charge in [0.2, 0.25) is 0 Å². The Hall–Kier alpha value is -0.800. The van der Waals surface area contributed by atoms with Gasteiger partial charge in [-0.15, -0.1) is 0 Å². The summed E-state index contributed by atoms with van der Waals surface area (Å²) in [5.41, 5.74) is 0. The Labute approximate surface area is 88.3 Å². The van der Waals surface area contributed by atoms with Gasteiger partial charge in [0.1, 0.15) is 10.9 Å². The summed E-state index contributed by atoms with van der Waals surface area (Å²) in [6.07, 6.45) is 1.57. The molecule has 1 aromatic carbocycles. The van der Waals surface area contributed by atoms with Crippen LogP contribution in [0.4, 0.5) is 0 Å². The van der Waals surface area contributed by atoms with Gasteiger partial charge in [0.05, 0.1) is 0 Å². The number of aromatic nitrogens is 1. The Morgan fingerprint density at radius 2 is 2.15 bits per heavy atom. The zero-order valence-electron chi connectivity index (χ0n) is 6.46. The number of nitrogens with zero attached hydrogens (tertiary/aromatic N) is 1. The molecule has 0 spiro atoms. The third-order valence-electron chi connectivity index (χ3n) is 1.79. The predicted molar refractivity (Wildman–Crippen MR) is 56.1 cm³/mol. The molecule has 0 fully saturated rings. The van der Waals surface area contributed by atoms with E-state index in [0.29, 0.717) is 10.5 Å². The van der Waals surface area contributed by atoms with Gasteiger partial charge in [-0.3, -0.25) is 0 Å². The molecule has 0 aliphatic heterocycles. The maximum absolute atomic E-state index is 9.56. The topological polar surface area (TPSA) is 33.1 Å². The first-order chi connectivity index (χ1) is 6.20. The molecule has 1 N–H and O–H groups in total. The molecule has 0 atom stereocenters. The molecule has 2 rings (SSSR count). The average molecular weight is 259 g/mol. The summed E-state index contributed by atoms with van der Waals surface area (Å²) in [6.45, 7) is 0. The fourth-order valence-electron chi connectivity index (χ4n) is 1.21. The van der Waals surface area contributed by atoms with E-state index in [4.69, 9.17) is 11.6 Å². The van der Waals surface area contributed by atoms with Crippen LogP contribution in [0, 0.1) is 0 Å². The number of rotatable bonds is 0. The minimum atomic E-state index is 0.202. The first kappa shape index (κ1) is 8.78. The molecule has 0 unspecified atom stereocenters. The number of aromatic hydroxyl groups is 1. The molecule has 0 aliphatic rings. The number of hydrogen-bond acceptors (Lipinski definition) is 2. The van der Waals surface area contributed by atoms with E-state index in [-0.39, 0.29) is 5.75 Å². The fraction of sp³-hybridized carbons (Fsp3) is 0. The van der Waals surface area contributed by atoms with Crippen molar-refractivity contribution in [3.8, 4) is 5.75 Å². The van der Waals surface area contributed by atoms with Gasteiger partial charge in [-0.2, -0.15) is 0 Å². The first-order valence-corrected chi connectivity index (χ1v) is 4.79. The second kappa shape index (κ2) is 3.16. The van der Waals surface area contributed by atoms with Crippen molar-refractivity contribution >= 4 is 38.3 Å². The zero-order valence-corrected chi connectivity index (χ0v) is 8.80. The van der Waals surface area contributed by atoms with E-state index in [0.717, 1.165) is 9.86 Å². The number of fused-ring (bicyclic) bond motifs is 1. The summed E-state index contributed by atoms with van der Waals surface area (Å²) < 4.78 is 0.741. The molecular formula is C9H5BrClNO. The van der Waals surface area contributed by atoms with Gasteiger partial charge in [0, 0.05) is 21.4 Å². The van der Waals surface area contributed by atoms with Crippen molar-refractivity contribution in [3.05, 3.63) is 34.0 Å². The number of halogens is 2. The van der Waals surface area contributed by atoms with E-state index in [2.05, 4.69) is 20.9 Å². The van der Waals surface area contributed by atoms with Crippen LogP contribution < -0.4 is 0 Å². The van der Waals surface area contributed by atoms with E-state index in [1.807, 2.05) is 6.07 Å². The lowest BCUT2D eigenvalue weighted by atomic mass is 10.1. The van der Waals surface area contributed by atoms with Crippen molar-refractivity contribution in [3.63, 3.8) is 0 Å². The first-order valence-electron chi connectivity index (χ1n) is 3.62. The second-order valence-electron chi connectivity index (χ2n) is 2.60. The fourth-order valence-corrected chi connectivity index (χ4v) is 1.94. The van der Waals surface area contributed by atoms with E-state index in [1.54, 1.807) is 18.3 Å². The molecule has 66 valence electrons. The highest BCUT2D eigenvalue weighted by molar-refractivity contribution is 9.10. The van der Waals surface area contributed by atoms with Gasteiger partial charge in [0.15, 0.2) is 0 Å². The van der Waals surface area contributed by atoms with Crippen molar-refractivity contribution in [2.45, 2.75) is 0 Å². The summed E-state index contributed by atoms with van der Waals surface area (Å²) in [5, 5.41) is 11.4. The molecule has 0 amide bonds. The Morgan fingerprint density at radius 1 is 1.38 bits per heavy atom. The molecule has 0 saturated heterocycles. The van der Waals surface area contributed by atoms with Gasteiger partial charge in [-0.1, -0.05) is 23.7 Å². The van der Waals surface area contributed by atoms with Crippen LogP contribution in [0.3, 0.4) is 0 Å². The summed E-state index contributed by atoms with van der Waals surface area (Å²) in [7, 11) is 0. The Bertz CT molecular complexity index is 464. The quantitative estimate of drug-likeness (QED) is 0.735.